The Morgan fingerprint density at radius 1 is 1.52 bits per heavy atom. The molecule has 21 heavy (non-hydrogen) atoms. The molecule has 0 saturated heterocycles. The van der Waals surface area contributed by atoms with Crippen LogP contribution < -0.4 is 4.90 Å². The van der Waals surface area contributed by atoms with Crippen LogP contribution in [-0.4, -0.2) is 56.7 Å². The summed E-state index contributed by atoms with van der Waals surface area (Å²) in [6, 6.07) is 0.847. The van der Waals surface area contributed by atoms with Gasteiger partial charge >= 0.3 is 5.97 Å². The highest BCUT2D eigenvalue weighted by molar-refractivity contribution is 7.99. The van der Waals surface area contributed by atoms with Crippen LogP contribution in [0.25, 0.3) is 0 Å². The number of aromatic nitrogens is 3. The Balaban J connectivity index is 2.20. The van der Waals surface area contributed by atoms with Gasteiger partial charge in [-0.15, -0.1) is 10.2 Å². The minimum absolute atomic E-state index is 0.0244. The lowest BCUT2D eigenvalue weighted by Gasteiger charge is -2.28. The van der Waals surface area contributed by atoms with Crippen molar-refractivity contribution in [3.63, 3.8) is 0 Å². The molecular weight excluding hydrogens is 308 g/mol. The second kappa shape index (κ2) is 7.40. The summed E-state index contributed by atoms with van der Waals surface area (Å²) in [5.74, 6) is 1.11. The minimum Gasteiger partial charge on any atom is -0.481 e. The van der Waals surface area contributed by atoms with Gasteiger partial charge in [-0.05, 0) is 25.5 Å². The molecule has 1 aromatic rings. The third-order valence-electron chi connectivity index (χ3n) is 3.58. The average molecular weight is 330 g/mol. The summed E-state index contributed by atoms with van der Waals surface area (Å²) in [7, 11) is 2.05. The predicted molar refractivity (Wildman–Crippen MR) is 87.5 cm³/mol. The van der Waals surface area contributed by atoms with Crippen LogP contribution in [0.4, 0.5) is 5.95 Å². The van der Waals surface area contributed by atoms with E-state index < -0.39 is 5.97 Å². The first-order valence-corrected chi connectivity index (χ1v) is 9.47. The average Bonchev–Trinajstić information content (AvgIpc) is 3.21. The molecular formula is C13H22N4O2S2. The number of carbonyl (C=O) groups is 1. The lowest BCUT2D eigenvalue weighted by molar-refractivity contribution is -0.133. The van der Waals surface area contributed by atoms with E-state index in [1.54, 1.807) is 0 Å². The van der Waals surface area contributed by atoms with Crippen LogP contribution in [0.3, 0.4) is 0 Å². The molecule has 0 radical (unpaired) electrons. The SMILES string of the molecule is CCC(CSC)N(C)c1nnc(SCC(=O)O)n1C1CC1. The molecule has 0 aromatic carbocycles. The fourth-order valence-electron chi connectivity index (χ4n) is 2.25. The van der Waals surface area contributed by atoms with Gasteiger partial charge in [0.25, 0.3) is 0 Å². The lowest BCUT2D eigenvalue weighted by Crippen LogP contribution is -2.35. The quantitative estimate of drug-likeness (QED) is 0.697. The summed E-state index contributed by atoms with van der Waals surface area (Å²) in [5, 5.41) is 18.1. The zero-order valence-electron chi connectivity index (χ0n) is 12.7. The summed E-state index contributed by atoms with van der Waals surface area (Å²) in [6.45, 7) is 2.18. The number of anilines is 1. The van der Waals surface area contributed by atoms with E-state index in [0.29, 0.717) is 12.1 Å². The zero-order valence-corrected chi connectivity index (χ0v) is 14.3. The molecule has 8 heteroatoms. The topological polar surface area (TPSA) is 71.2 Å². The molecule has 1 aliphatic rings. The van der Waals surface area contributed by atoms with Crippen molar-refractivity contribution in [2.75, 3.05) is 29.7 Å². The standard InChI is InChI=1S/C13H22N4O2S2/c1-4-9(7-20-3)16(2)12-14-15-13(21-8-11(18)19)17(12)10-5-6-10/h9-10H,4-8H2,1-3H3,(H,18,19). The second-order valence-corrected chi connectivity index (χ2v) is 7.05. The van der Waals surface area contributed by atoms with Crippen molar-refractivity contribution in [1.82, 2.24) is 14.8 Å². The maximum atomic E-state index is 10.8. The number of hydrogen-bond donors (Lipinski definition) is 1. The van der Waals surface area contributed by atoms with Crippen LogP contribution >= 0.6 is 23.5 Å². The van der Waals surface area contributed by atoms with Crippen molar-refractivity contribution in [2.24, 2.45) is 0 Å². The fourth-order valence-corrected chi connectivity index (χ4v) is 3.81. The van der Waals surface area contributed by atoms with Gasteiger partial charge in [-0.3, -0.25) is 9.36 Å². The van der Waals surface area contributed by atoms with Gasteiger partial charge in [-0.25, -0.2) is 0 Å². The van der Waals surface area contributed by atoms with E-state index in [1.165, 1.54) is 11.8 Å². The van der Waals surface area contributed by atoms with E-state index in [4.69, 9.17) is 5.11 Å². The van der Waals surface area contributed by atoms with Crippen LogP contribution in [0.5, 0.6) is 0 Å². The summed E-state index contributed by atoms with van der Waals surface area (Å²) in [4.78, 5) is 12.9. The number of aliphatic carboxylic acids is 1. The van der Waals surface area contributed by atoms with E-state index in [-0.39, 0.29) is 5.75 Å². The molecule has 1 aromatic heterocycles. The van der Waals surface area contributed by atoms with Crippen LogP contribution in [0.1, 0.15) is 32.2 Å². The monoisotopic (exact) mass is 330 g/mol. The number of carboxylic acid groups (broad SMARTS) is 1. The molecule has 0 amide bonds. The molecule has 0 spiro atoms. The highest BCUT2D eigenvalue weighted by Gasteiger charge is 2.32. The Bertz CT molecular complexity index is 491. The van der Waals surface area contributed by atoms with Crippen LogP contribution in [-0.2, 0) is 4.79 Å². The second-order valence-electron chi connectivity index (χ2n) is 5.19. The molecule has 1 N–H and O–H groups in total. The molecule has 1 fully saturated rings. The van der Waals surface area contributed by atoms with Crippen LogP contribution in [0.15, 0.2) is 5.16 Å². The molecule has 1 aliphatic carbocycles. The summed E-state index contributed by atoms with van der Waals surface area (Å²) in [5.41, 5.74) is 0. The lowest BCUT2D eigenvalue weighted by atomic mass is 10.2. The molecule has 2 rings (SSSR count). The number of carboxylic acids is 1. The highest BCUT2D eigenvalue weighted by Crippen LogP contribution is 2.41. The van der Waals surface area contributed by atoms with Gasteiger partial charge in [0, 0.05) is 24.9 Å². The summed E-state index contributed by atoms with van der Waals surface area (Å²) in [6.07, 6.45) is 5.40. The Morgan fingerprint density at radius 3 is 2.76 bits per heavy atom. The zero-order chi connectivity index (χ0) is 15.4. The van der Waals surface area contributed by atoms with Gasteiger partial charge in [-0.2, -0.15) is 11.8 Å². The predicted octanol–water partition coefficient (Wildman–Crippen LogP) is 2.37. The smallest absolute Gasteiger partial charge is 0.313 e. The third-order valence-corrected chi connectivity index (χ3v) is 5.22. The van der Waals surface area contributed by atoms with Crippen molar-refractivity contribution >= 4 is 35.4 Å². The van der Waals surface area contributed by atoms with Gasteiger partial charge in [0.05, 0.1) is 5.75 Å². The van der Waals surface area contributed by atoms with Crippen LogP contribution in [0.2, 0.25) is 0 Å². The molecule has 1 atom stereocenters. The summed E-state index contributed by atoms with van der Waals surface area (Å²) < 4.78 is 2.12. The molecule has 1 saturated carbocycles. The normalized spacial score (nSPS) is 16.0. The van der Waals surface area contributed by atoms with Crippen molar-refractivity contribution in [1.29, 1.82) is 0 Å². The van der Waals surface area contributed by atoms with Gasteiger partial charge in [0.15, 0.2) is 5.16 Å². The fraction of sp³-hybridized carbons (Fsp3) is 0.769. The van der Waals surface area contributed by atoms with E-state index in [9.17, 15) is 4.79 Å². The van der Waals surface area contributed by atoms with Gasteiger partial charge < -0.3 is 10.0 Å². The number of rotatable bonds is 9. The highest BCUT2D eigenvalue weighted by atomic mass is 32.2. The Kier molecular flexibility index (Phi) is 5.80. The Labute approximate surface area is 133 Å². The first-order valence-electron chi connectivity index (χ1n) is 7.09. The van der Waals surface area contributed by atoms with Crippen molar-refractivity contribution < 1.29 is 9.90 Å². The van der Waals surface area contributed by atoms with E-state index in [0.717, 1.165) is 36.1 Å². The van der Waals surface area contributed by atoms with Gasteiger partial charge in [0.1, 0.15) is 0 Å². The maximum absolute atomic E-state index is 10.8. The molecule has 1 heterocycles. The third kappa shape index (κ3) is 4.06. The van der Waals surface area contributed by atoms with E-state index in [1.807, 2.05) is 11.8 Å². The van der Waals surface area contributed by atoms with Crippen LogP contribution in [0, 0.1) is 0 Å². The largest absolute Gasteiger partial charge is 0.481 e. The van der Waals surface area contributed by atoms with Gasteiger partial charge in [0.2, 0.25) is 5.95 Å². The summed E-state index contributed by atoms with van der Waals surface area (Å²) >= 11 is 3.08. The minimum atomic E-state index is -0.825. The molecule has 6 nitrogen and oxygen atoms in total. The maximum Gasteiger partial charge on any atom is 0.313 e. The van der Waals surface area contributed by atoms with E-state index in [2.05, 4.69) is 39.9 Å². The van der Waals surface area contributed by atoms with E-state index >= 15 is 0 Å². The molecule has 1 unspecified atom stereocenters. The van der Waals surface area contributed by atoms with Gasteiger partial charge in [-0.1, -0.05) is 18.7 Å². The number of thioether (sulfide) groups is 2. The van der Waals surface area contributed by atoms with Crippen molar-refractivity contribution in [3.05, 3.63) is 0 Å². The first-order chi connectivity index (χ1) is 10.1. The molecule has 118 valence electrons. The molecule has 0 bridgehead atoms. The molecule has 0 aliphatic heterocycles. The Morgan fingerprint density at radius 2 is 2.24 bits per heavy atom. The van der Waals surface area contributed by atoms with Crippen molar-refractivity contribution in [2.45, 2.75) is 43.4 Å². The number of hydrogen-bond acceptors (Lipinski definition) is 6. The number of nitrogens with zero attached hydrogens (tertiary/aromatic N) is 4. The van der Waals surface area contributed by atoms with Crippen molar-refractivity contribution in [3.8, 4) is 0 Å². The Hall–Kier alpha value is -0.890. The first kappa shape index (κ1) is 16.5.